The second-order valence-electron chi connectivity index (χ2n) is 5.66. The molecular weight excluding hydrogens is 280 g/mol. The van der Waals surface area contributed by atoms with Crippen LogP contribution in [0.3, 0.4) is 0 Å². The fraction of sp³-hybridized carbons (Fsp3) is 0.714. The minimum absolute atomic E-state index is 0.0718. The third kappa shape index (κ3) is 2.44. The highest BCUT2D eigenvalue weighted by atomic mass is 35.5. The molecule has 1 saturated heterocycles. The first-order chi connectivity index (χ1) is 9.68. The van der Waals surface area contributed by atoms with Crippen LogP contribution in [-0.4, -0.2) is 22.8 Å². The lowest BCUT2D eigenvalue weighted by Gasteiger charge is -2.24. The summed E-state index contributed by atoms with van der Waals surface area (Å²) in [4.78, 5) is 27.5. The van der Waals surface area contributed by atoms with Crippen LogP contribution in [0, 0.1) is 0 Å². The van der Waals surface area contributed by atoms with Crippen molar-refractivity contribution < 1.29 is 4.74 Å². The number of halogens is 1. The maximum absolute atomic E-state index is 12.7. The molecule has 1 aliphatic heterocycles. The molecule has 2 fully saturated rings. The topological polar surface area (TPSA) is 64.1 Å². The molecule has 20 heavy (non-hydrogen) atoms. The van der Waals surface area contributed by atoms with Crippen LogP contribution in [-0.2, 0) is 4.74 Å². The van der Waals surface area contributed by atoms with Crippen molar-refractivity contribution in [2.45, 2.75) is 50.5 Å². The zero-order chi connectivity index (χ0) is 14.1. The van der Waals surface area contributed by atoms with Gasteiger partial charge in [0.1, 0.15) is 5.15 Å². The zero-order valence-corrected chi connectivity index (χ0v) is 12.1. The molecule has 2 aliphatic rings. The number of hydrogen-bond donors (Lipinski definition) is 1. The minimum atomic E-state index is -0.395. The van der Waals surface area contributed by atoms with E-state index in [2.05, 4.69) is 4.98 Å². The van der Waals surface area contributed by atoms with E-state index in [-0.39, 0.29) is 22.7 Å². The Morgan fingerprint density at radius 2 is 1.75 bits per heavy atom. The van der Waals surface area contributed by atoms with Gasteiger partial charge in [0.15, 0.2) is 0 Å². The quantitative estimate of drug-likeness (QED) is 0.851. The molecule has 0 unspecified atom stereocenters. The smallest absolute Gasteiger partial charge is 0.329 e. The van der Waals surface area contributed by atoms with Crippen LogP contribution in [0.25, 0.3) is 0 Å². The molecular formula is C14H19ClN2O3. The van der Waals surface area contributed by atoms with Crippen LogP contribution in [0.2, 0.25) is 5.15 Å². The SMILES string of the molecule is O=c1[nH]c(Cl)c(C2CCCC2)c(=O)n1C1CCOCC1. The van der Waals surface area contributed by atoms with E-state index in [1.54, 1.807) is 0 Å². The van der Waals surface area contributed by atoms with Crippen LogP contribution in [0.1, 0.15) is 56.0 Å². The summed E-state index contributed by atoms with van der Waals surface area (Å²) in [6.45, 7) is 1.19. The second kappa shape index (κ2) is 5.74. The molecule has 0 bridgehead atoms. The van der Waals surface area contributed by atoms with E-state index in [1.807, 2.05) is 0 Å². The number of aromatic nitrogens is 2. The summed E-state index contributed by atoms with van der Waals surface area (Å²) >= 11 is 6.13. The van der Waals surface area contributed by atoms with E-state index in [1.165, 1.54) is 4.57 Å². The summed E-state index contributed by atoms with van der Waals surface area (Å²) in [6, 6.07) is -0.0718. The summed E-state index contributed by atoms with van der Waals surface area (Å²) < 4.78 is 6.66. The Bertz CT molecular complexity index is 595. The molecule has 110 valence electrons. The molecule has 0 spiro atoms. The Morgan fingerprint density at radius 1 is 1.10 bits per heavy atom. The predicted molar refractivity (Wildman–Crippen MR) is 76.6 cm³/mol. The molecule has 3 rings (SSSR count). The molecule has 0 atom stereocenters. The third-order valence-corrected chi connectivity index (χ3v) is 4.74. The van der Waals surface area contributed by atoms with Gasteiger partial charge in [0.2, 0.25) is 0 Å². The largest absolute Gasteiger partial charge is 0.381 e. The lowest BCUT2D eigenvalue weighted by Crippen LogP contribution is -2.42. The van der Waals surface area contributed by atoms with Gasteiger partial charge < -0.3 is 4.74 Å². The number of nitrogens with zero attached hydrogens (tertiary/aromatic N) is 1. The van der Waals surface area contributed by atoms with E-state index in [4.69, 9.17) is 16.3 Å². The van der Waals surface area contributed by atoms with Crippen molar-refractivity contribution in [1.82, 2.24) is 9.55 Å². The van der Waals surface area contributed by atoms with E-state index in [9.17, 15) is 9.59 Å². The van der Waals surface area contributed by atoms with Gasteiger partial charge in [-0.05, 0) is 31.6 Å². The summed E-state index contributed by atoms with van der Waals surface area (Å²) in [5.74, 6) is 0.193. The number of nitrogens with one attached hydrogen (secondary N) is 1. The number of hydrogen-bond acceptors (Lipinski definition) is 3. The standard InChI is InChI=1S/C14H19ClN2O3/c15-12-11(9-3-1-2-4-9)13(18)17(14(19)16-12)10-5-7-20-8-6-10/h9-10H,1-8H2,(H,16,19). The molecule has 1 aliphatic carbocycles. The van der Waals surface area contributed by atoms with E-state index in [0.717, 1.165) is 25.7 Å². The van der Waals surface area contributed by atoms with E-state index < -0.39 is 5.69 Å². The summed E-state index contributed by atoms with van der Waals surface area (Å²) in [5, 5.41) is 0.232. The Morgan fingerprint density at radius 3 is 2.40 bits per heavy atom. The normalized spacial score (nSPS) is 21.4. The van der Waals surface area contributed by atoms with Gasteiger partial charge >= 0.3 is 5.69 Å². The molecule has 1 saturated carbocycles. The monoisotopic (exact) mass is 298 g/mol. The van der Waals surface area contributed by atoms with Crippen LogP contribution in [0.15, 0.2) is 9.59 Å². The van der Waals surface area contributed by atoms with Crippen molar-refractivity contribution >= 4 is 11.6 Å². The van der Waals surface area contributed by atoms with E-state index >= 15 is 0 Å². The molecule has 0 radical (unpaired) electrons. The van der Waals surface area contributed by atoms with Gasteiger partial charge in [-0.3, -0.25) is 14.3 Å². The highest BCUT2D eigenvalue weighted by molar-refractivity contribution is 6.30. The number of H-pyrrole nitrogens is 1. The minimum Gasteiger partial charge on any atom is -0.381 e. The first kappa shape index (κ1) is 13.9. The molecule has 1 N–H and O–H groups in total. The third-order valence-electron chi connectivity index (χ3n) is 4.44. The van der Waals surface area contributed by atoms with Crippen molar-refractivity contribution in [3.63, 3.8) is 0 Å². The first-order valence-corrected chi connectivity index (χ1v) is 7.68. The lowest BCUT2D eigenvalue weighted by molar-refractivity contribution is 0.0673. The number of rotatable bonds is 2. The van der Waals surface area contributed by atoms with Crippen molar-refractivity contribution in [1.29, 1.82) is 0 Å². The maximum atomic E-state index is 12.7. The lowest BCUT2D eigenvalue weighted by atomic mass is 10.00. The molecule has 0 aromatic carbocycles. The average molecular weight is 299 g/mol. The molecule has 1 aromatic rings. The predicted octanol–water partition coefficient (Wildman–Crippen LogP) is 2.20. The number of aromatic amines is 1. The summed E-state index contributed by atoms with van der Waals surface area (Å²) in [5.41, 5.74) is 0.0152. The second-order valence-corrected chi connectivity index (χ2v) is 6.04. The van der Waals surface area contributed by atoms with Crippen molar-refractivity contribution in [2.24, 2.45) is 0 Å². The zero-order valence-electron chi connectivity index (χ0n) is 11.4. The van der Waals surface area contributed by atoms with Crippen LogP contribution >= 0.6 is 11.6 Å². The fourth-order valence-electron chi connectivity index (χ4n) is 3.38. The highest BCUT2D eigenvalue weighted by Gasteiger charge is 2.27. The van der Waals surface area contributed by atoms with Gasteiger partial charge in [-0.2, -0.15) is 0 Å². The van der Waals surface area contributed by atoms with Crippen LogP contribution in [0.4, 0.5) is 0 Å². The Hall–Kier alpha value is -1.07. The molecule has 6 heteroatoms. The Balaban J connectivity index is 2.07. The average Bonchev–Trinajstić information content (AvgIpc) is 2.93. The first-order valence-electron chi connectivity index (χ1n) is 7.30. The summed E-state index contributed by atoms with van der Waals surface area (Å²) in [6.07, 6.45) is 5.61. The van der Waals surface area contributed by atoms with Crippen molar-refractivity contribution in [2.75, 3.05) is 13.2 Å². The fourth-order valence-corrected chi connectivity index (χ4v) is 3.70. The van der Waals surface area contributed by atoms with Gasteiger partial charge in [0.25, 0.3) is 5.56 Å². The van der Waals surface area contributed by atoms with Crippen molar-refractivity contribution in [3.05, 3.63) is 31.6 Å². The molecule has 0 amide bonds. The van der Waals surface area contributed by atoms with Crippen LogP contribution in [0.5, 0.6) is 0 Å². The van der Waals surface area contributed by atoms with Crippen molar-refractivity contribution in [3.8, 4) is 0 Å². The molecule has 5 nitrogen and oxygen atoms in total. The van der Waals surface area contributed by atoms with Gasteiger partial charge in [0, 0.05) is 19.3 Å². The maximum Gasteiger partial charge on any atom is 0.329 e. The summed E-state index contributed by atoms with van der Waals surface area (Å²) in [7, 11) is 0. The van der Waals surface area contributed by atoms with Gasteiger partial charge in [-0.1, -0.05) is 24.4 Å². The Labute approximate surface area is 121 Å². The van der Waals surface area contributed by atoms with Crippen LogP contribution < -0.4 is 11.2 Å². The van der Waals surface area contributed by atoms with Gasteiger partial charge in [-0.25, -0.2) is 4.79 Å². The van der Waals surface area contributed by atoms with Gasteiger partial charge in [0.05, 0.1) is 5.56 Å². The number of ether oxygens (including phenoxy) is 1. The molecule has 2 heterocycles. The highest BCUT2D eigenvalue weighted by Crippen LogP contribution is 2.34. The van der Waals surface area contributed by atoms with E-state index in [0.29, 0.717) is 31.6 Å². The molecule has 1 aromatic heterocycles. The Kier molecular flexibility index (Phi) is 3.98. The van der Waals surface area contributed by atoms with Gasteiger partial charge in [-0.15, -0.1) is 0 Å².